The van der Waals surface area contributed by atoms with Gasteiger partial charge in [0.15, 0.2) is 5.82 Å². The summed E-state index contributed by atoms with van der Waals surface area (Å²) in [4.78, 5) is 19.6. The molecule has 2 aliphatic rings. The molecule has 0 saturated carbocycles. The van der Waals surface area contributed by atoms with E-state index in [0.29, 0.717) is 23.3 Å². The molecule has 2 aromatic rings. The first-order valence-corrected chi connectivity index (χ1v) is 8.17. The van der Waals surface area contributed by atoms with Crippen LogP contribution in [-0.4, -0.2) is 46.1 Å². The van der Waals surface area contributed by atoms with E-state index in [-0.39, 0.29) is 11.9 Å². The maximum absolute atomic E-state index is 13.2. The van der Waals surface area contributed by atoms with Gasteiger partial charge in [0.1, 0.15) is 0 Å². The predicted molar refractivity (Wildman–Crippen MR) is 84.9 cm³/mol. The average Bonchev–Trinajstić information content (AvgIpc) is 3.09. The molecule has 0 spiro atoms. The summed E-state index contributed by atoms with van der Waals surface area (Å²) in [5.41, 5.74) is 1.37. The van der Waals surface area contributed by atoms with Crippen LogP contribution in [0.15, 0.2) is 28.8 Å². The Morgan fingerprint density at radius 2 is 2.09 bits per heavy atom. The lowest BCUT2D eigenvalue weighted by Crippen LogP contribution is -2.42. The number of carbonyl (C=O) groups is 1. The van der Waals surface area contributed by atoms with Gasteiger partial charge in [0, 0.05) is 18.6 Å². The van der Waals surface area contributed by atoms with Gasteiger partial charge in [-0.25, -0.2) is 0 Å². The molecule has 2 bridgehead atoms. The van der Waals surface area contributed by atoms with E-state index in [2.05, 4.69) is 20.4 Å². The molecule has 6 nitrogen and oxygen atoms in total. The zero-order valence-corrected chi connectivity index (χ0v) is 13.2. The average molecular weight is 312 g/mol. The number of carbonyl (C=O) groups excluding carboxylic acids is 1. The highest BCUT2D eigenvalue weighted by Crippen LogP contribution is 2.32. The summed E-state index contributed by atoms with van der Waals surface area (Å²) < 4.78 is 5.28. The van der Waals surface area contributed by atoms with Gasteiger partial charge >= 0.3 is 0 Å². The topological polar surface area (TPSA) is 71.3 Å². The largest absolute Gasteiger partial charge is 0.334 e. The number of hydrogen-bond donors (Lipinski definition) is 1. The Labute approximate surface area is 134 Å². The van der Waals surface area contributed by atoms with Gasteiger partial charge in [-0.15, -0.1) is 0 Å². The fourth-order valence-corrected chi connectivity index (χ4v) is 3.72. The number of nitrogens with one attached hydrogen (secondary N) is 1. The zero-order chi connectivity index (χ0) is 15.8. The molecule has 6 heteroatoms. The Bertz CT molecular complexity index is 713. The van der Waals surface area contributed by atoms with E-state index in [1.54, 1.807) is 6.92 Å². The molecule has 2 fully saturated rings. The number of aryl methyl sites for hydroxylation is 1. The van der Waals surface area contributed by atoms with Crippen LogP contribution in [0, 0.1) is 6.92 Å². The van der Waals surface area contributed by atoms with Crippen LogP contribution in [0.25, 0.3) is 11.5 Å². The summed E-state index contributed by atoms with van der Waals surface area (Å²) in [5.74, 6) is 1.06. The van der Waals surface area contributed by atoms with Gasteiger partial charge in [0.25, 0.3) is 11.8 Å². The first kappa shape index (κ1) is 14.4. The van der Waals surface area contributed by atoms with E-state index >= 15 is 0 Å². The van der Waals surface area contributed by atoms with E-state index in [0.717, 1.165) is 37.9 Å². The number of rotatable bonds is 2. The lowest BCUT2D eigenvalue weighted by molar-refractivity contribution is 0.0681. The minimum atomic E-state index is 0.0765. The number of nitrogens with zero attached hydrogens (tertiary/aromatic N) is 3. The van der Waals surface area contributed by atoms with Gasteiger partial charge in [-0.2, -0.15) is 4.98 Å². The van der Waals surface area contributed by atoms with Crippen molar-refractivity contribution in [1.82, 2.24) is 20.4 Å². The Kier molecular flexibility index (Phi) is 3.61. The van der Waals surface area contributed by atoms with Crippen molar-refractivity contribution in [3.63, 3.8) is 0 Å². The molecule has 120 valence electrons. The SMILES string of the molecule is Cc1noc(-c2ccccc2C(=O)N2C3CCNCC2CC3)n1. The molecule has 1 aromatic heterocycles. The van der Waals surface area contributed by atoms with Crippen LogP contribution < -0.4 is 5.32 Å². The third-order valence-corrected chi connectivity index (χ3v) is 4.80. The summed E-state index contributed by atoms with van der Waals surface area (Å²) in [7, 11) is 0. The maximum atomic E-state index is 13.2. The van der Waals surface area contributed by atoms with Crippen molar-refractivity contribution in [1.29, 1.82) is 0 Å². The number of fused-ring (bicyclic) bond motifs is 2. The monoisotopic (exact) mass is 312 g/mol. The normalized spacial score (nSPS) is 23.8. The zero-order valence-electron chi connectivity index (χ0n) is 13.2. The first-order valence-electron chi connectivity index (χ1n) is 8.17. The summed E-state index contributed by atoms with van der Waals surface area (Å²) in [6.45, 7) is 3.64. The van der Waals surface area contributed by atoms with Crippen molar-refractivity contribution in [3.05, 3.63) is 35.7 Å². The fourth-order valence-electron chi connectivity index (χ4n) is 3.72. The second kappa shape index (κ2) is 5.77. The number of hydrogen-bond acceptors (Lipinski definition) is 5. The van der Waals surface area contributed by atoms with E-state index in [9.17, 15) is 4.79 Å². The standard InChI is InChI=1S/C17H20N4O2/c1-11-19-16(23-20-11)14-4-2-3-5-15(14)17(22)21-12-6-7-13(21)10-18-9-8-12/h2-5,12-13,18H,6-10H2,1H3. The summed E-state index contributed by atoms with van der Waals surface area (Å²) in [6, 6.07) is 8.13. The molecule has 1 N–H and O–H groups in total. The Hall–Kier alpha value is -2.21. The van der Waals surface area contributed by atoms with Crippen molar-refractivity contribution in [2.75, 3.05) is 13.1 Å². The van der Waals surface area contributed by atoms with Crippen molar-refractivity contribution in [2.45, 2.75) is 38.3 Å². The second-order valence-electron chi connectivity index (χ2n) is 6.28. The highest BCUT2D eigenvalue weighted by molar-refractivity contribution is 6.00. The lowest BCUT2D eigenvalue weighted by atomic mass is 10.0. The second-order valence-corrected chi connectivity index (χ2v) is 6.28. The number of amides is 1. The first-order chi connectivity index (χ1) is 11.2. The quantitative estimate of drug-likeness (QED) is 0.918. The van der Waals surface area contributed by atoms with Gasteiger partial charge in [-0.1, -0.05) is 17.3 Å². The fraction of sp³-hybridized carbons (Fsp3) is 0.471. The van der Waals surface area contributed by atoms with Crippen LogP contribution in [-0.2, 0) is 0 Å². The molecule has 1 amide bonds. The van der Waals surface area contributed by atoms with Crippen molar-refractivity contribution in [3.8, 4) is 11.5 Å². The van der Waals surface area contributed by atoms with Gasteiger partial charge in [0.2, 0.25) is 0 Å². The molecule has 4 rings (SSSR count). The minimum absolute atomic E-state index is 0.0765. The van der Waals surface area contributed by atoms with E-state index < -0.39 is 0 Å². The van der Waals surface area contributed by atoms with Crippen molar-refractivity contribution >= 4 is 5.91 Å². The molecule has 3 heterocycles. The van der Waals surface area contributed by atoms with Gasteiger partial charge in [-0.05, 0) is 44.9 Å². The van der Waals surface area contributed by atoms with Gasteiger partial charge in [-0.3, -0.25) is 4.79 Å². The van der Waals surface area contributed by atoms with Gasteiger partial charge < -0.3 is 14.7 Å². The lowest BCUT2D eigenvalue weighted by Gasteiger charge is -2.28. The molecule has 23 heavy (non-hydrogen) atoms. The van der Waals surface area contributed by atoms with Crippen LogP contribution in [0.1, 0.15) is 35.4 Å². The number of aromatic nitrogens is 2. The van der Waals surface area contributed by atoms with Crippen LogP contribution in [0.5, 0.6) is 0 Å². The van der Waals surface area contributed by atoms with Crippen molar-refractivity contribution in [2.24, 2.45) is 0 Å². The minimum Gasteiger partial charge on any atom is -0.334 e. The molecule has 2 atom stereocenters. The van der Waals surface area contributed by atoms with E-state index in [4.69, 9.17) is 4.52 Å². The van der Waals surface area contributed by atoms with Crippen molar-refractivity contribution < 1.29 is 9.32 Å². The molecule has 2 saturated heterocycles. The van der Waals surface area contributed by atoms with Crippen LogP contribution >= 0.6 is 0 Å². The van der Waals surface area contributed by atoms with E-state index in [1.807, 2.05) is 24.3 Å². The molecular weight excluding hydrogens is 292 g/mol. The third kappa shape index (κ3) is 2.53. The summed E-state index contributed by atoms with van der Waals surface area (Å²) in [5, 5.41) is 7.27. The molecule has 2 unspecified atom stereocenters. The number of benzene rings is 1. The molecule has 2 aliphatic heterocycles. The predicted octanol–water partition coefficient (Wildman–Crippen LogP) is 2.01. The highest BCUT2D eigenvalue weighted by atomic mass is 16.5. The summed E-state index contributed by atoms with van der Waals surface area (Å²) >= 11 is 0. The third-order valence-electron chi connectivity index (χ3n) is 4.80. The van der Waals surface area contributed by atoms with Gasteiger partial charge in [0.05, 0.1) is 11.1 Å². The van der Waals surface area contributed by atoms with Crippen LogP contribution in [0.3, 0.4) is 0 Å². The molecule has 1 aromatic carbocycles. The Morgan fingerprint density at radius 3 is 2.91 bits per heavy atom. The Balaban J connectivity index is 1.72. The highest BCUT2D eigenvalue weighted by Gasteiger charge is 2.39. The van der Waals surface area contributed by atoms with Crippen LogP contribution in [0.2, 0.25) is 0 Å². The molecular formula is C17H20N4O2. The summed E-state index contributed by atoms with van der Waals surface area (Å²) in [6.07, 6.45) is 3.19. The smallest absolute Gasteiger partial charge is 0.258 e. The molecule has 0 aliphatic carbocycles. The molecule has 0 radical (unpaired) electrons. The Morgan fingerprint density at radius 1 is 1.26 bits per heavy atom. The maximum Gasteiger partial charge on any atom is 0.258 e. The van der Waals surface area contributed by atoms with E-state index in [1.165, 1.54) is 0 Å². The van der Waals surface area contributed by atoms with Crippen LogP contribution in [0.4, 0.5) is 0 Å².